The van der Waals surface area contributed by atoms with Crippen LogP contribution in [0, 0.1) is 17.6 Å². The molecule has 3 rings (SSSR count). The van der Waals surface area contributed by atoms with Gasteiger partial charge in [0.15, 0.2) is 5.78 Å². The van der Waals surface area contributed by atoms with Crippen LogP contribution in [0.5, 0.6) is 0 Å². The molecule has 2 unspecified atom stereocenters. The highest BCUT2D eigenvalue weighted by Gasteiger charge is 2.35. The summed E-state index contributed by atoms with van der Waals surface area (Å²) >= 11 is 0. The third-order valence-corrected chi connectivity index (χ3v) is 5.75. The molecule has 1 aromatic carbocycles. The number of rotatable bonds is 10. The Morgan fingerprint density at radius 3 is 2.49 bits per heavy atom. The molecular weight excluding hydrogens is 469 g/mol. The van der Waals surface area contributed by atoms with Crippen LogP contribution in [0.15, 0.2) is 18.2 Å². The summed E-state index contributed by atoms with van der Waals surface area (Å²) in [6, 6.07) is 0.162. The summed E-state index contributed by atoms with van der Waals surface area (Å²) in [6.45, 7) is 1.92. The number of halogens is 3. The van der Waals surface area contributed by atoms with Crippen molar-refractivity contribution in [2.45, 2.75) is 50.9 Å². The summed E-state index contributed by atoms with van der Waals surface area (Å²) in [7, 11) is 0. The summed E-state index contributed by atoms with van der Waals surface area (Å²) < 4.78 is 41.9. The number of aliphatic hydroxyl groups excluding tert-OH is 1. The molecule has 190 valence electrons. The fraction of sp³-hybridized carbons (Fsp3) is 0.478. The molecule has 1 fully saturated rings. The smallest absolute Gasteiger partial charge is 0.268 e. The van der Waals surface area contributed by atoms with Crippen molar-refractivity contribution in [1.29, 1.82) is 0 Å². The van der Waals surface area contributed by atoms with Gasteiger partial charge in [-0.1, -0.05) is 0 Å². The van der Waals surface area contributed by atoms with Crippen LogP contribution in [-0.4, -0.2) is 64.5 Å². The number of Topliss-reactive ketones (excluding diaryl/α,β-unsaturated/α-hetero) is 1. The van der Waals surface area contributed by atoms with E-state index in [0.717, 1.165) is 6.07 Å². The number of alkyl halides is 1. The third-order valence-electron chi connectivity index (χ3n) is 5.75. The van der Waals surface area contributed by atoms with E-state index in [-0.39, 0.29) is 28.9 Å². The number of H-pyrrole nitrogens is 1. The Labute approximate surface area is 198 Å². The normalized spacial score (nSPS) is 17.7. The highest BCUT2D eigenvalue weighted by atomic mass is 19.1. The number of amides is 3. The molecule has 2 heterocycles. The monoisotopic (exact) mass is 496 g/mol. The minimum absolute atomic E-state index is 0.0660. The van der Waals surface area contributed by atoms with Crippen LogP contribution in [0.2, 0.25) is 0 Å². The molecule has 5 N–H and O–H groups in total. The zero-order valence-electron chi connectivity index (χ0n) is 19.2. The van der Waals surface area contributed by atoms with Gasteiger partial charge in [-0.2, -0.15) is 0 Å². The number of carbonyl (C=O) groups excluding carboxylic acids is 4. The van der Waals surface area contributed by atoms with Gasteiger partial charge >= 0.3 is 0 Å². The lowest BCUT2D eigenvalue weighted by Crippen LogP contribution is -2.54. The van der Waals surface area contributed by atoms with Crippen molar-refractivity contribution in [3.05, 3.63) is 35.5 Å². The number of fused-ring (bicyclic) bond motifs is 1. The largest absolute Gasteiger partial charge is 0.389 e. The fourth-order valence-corrected chi connectivity index (χ4v) is 4.03. The maximum absolute atomic E-state index is 14.5. The van der Waals surface area contributed by atoms with Crippen molar-refractivity contribution in [1.82, 2.24) is 20.9 Å². The first kappa shape index (κ1) is 26.2. The second-order valence-electron chi connectivity index (χ2n) is 9.18. The standard InChI is InChI=1S/C23H27F3N4O5/c1-23(2,26)9-17(22(35)29-15(18(32)10-31)6-11-3-4-27-20(11)33)30-21(34)16-7-12-5-13(24)8-14(25)19(12)28-16/h5,7-8,11,15,17,28,31H,3-4,6,9-10H2,1-2H3,(H,27,33)(H,29,35)(H,30,34)/t11-,15?,17?/m0/s1. The van der Waals surface area contributed by atoms with Gasteiger partial charge in [0.25, 0.3) is 5.91 Å². The number of hydrogen-bond acceptors (Lipinski definition) is 5. The lowest BCUT2D eigenvalue weighted by molar-refractivity contribution is -0.132. The quantitative estimate of drug-likeness (QED) is 0.337. The highest BCUT2D eigenvalue weighted by molar-refractivity contribution is 6.01. The van der Waals surface area contributed by atoms with E-state index < -0.39 is 65.9 Å². The lowest BCUT2D eigenvalue weighted by Gasteiger charge is -2.26. The van der Waals surface area contributed by atoms with Gasteiger partial charge in [0.1, 0.15) is 35.6 Å². The summed E-state index contributed by atoms with van der Waals surface area (Å²) in [6.07, 6.45) is -0.0968. The van der Waals surface area contributed by atoms with E-state index in [1.54, 1.807) is 0 Å². The van der Waals surface area contributed by atoms with E-state index in [0.29, 0.717) is 19.0 Å². The van der Waals surface area contributed by atoms with Gasteiger partial charge in [-0.3, -0.25) is 19.2 Å². The van der Waals surface area contributed by atoms with Gasteiger partial charge < -0.3 is 26.0 Å². The van der Waals surface area contributed by atoms with E-state index in [1.807, 2.05) is 0 Å². The number of benzene rings is 1. The number of hydrogen-bond donors (Lipinski definition) is 5. The molecule has 0 bridgehead atoms. The lowest BCUT2D eigenvalue weighted by atomic mass is 9.94. The van der Waals surface area contributed by atoms with E-state index in [1.165, 1.54) is 19.9 Å². The fourth-order valence-electron chi connectivity index (χ4n) is 4.03. The number of carbonyl (C=O) groups is 4. The Morgan fingerprint density at radius 2 is 1.89 bits per heavy atom. The van der Waals surface area contributed by atoms with E-state index in [2.05, 4.69) is 20.9 Å². The first-order chi connectivity index (χ1) is 16.4. The second-order valence-corrected chi connectivity index (χ2v) is 9.18. The molecule has 0 aliphatic carbocycles. The van der Waals surface area contributed by atoms with Crippen molar-refractivity contribution in [2.24, 2.45) is 5.92 Å². The van der Waals surface area contributed by atoms with Gasteiger partial charge in [0.2, 0.25) is 11.8 Å². The van der Waals surface area contributed by atoms with Gasteiger partial charge in [0, 0.05) is 30.3 Å². The zero-order valence-corrected chi connectivity index (χ0v) is 19.2. The SMILES string of the molecule is CC(C)(F)CC(NC(=O)c1cc2cc(F)cc(F)c2[nH]1)C(=O)NC(C[C@@H]1CCNC1=O)C(=O)CO. The molecular formula is C23H27F3N4O5. The maximum atomic E-state index is 14.5. The molecule has 12 heteroatoms. The van der Waals surface area contributed by atoms with Crippen molar-refractivity contribution < 1.29 is 37.5 Å². The topological polar surface area (TPSA) is 140 Å². The minimum atomic E-state index is -1.91. The van der Waals surface area contributed by atoms with Crippen LogP contribution in [0.4, 0.5) is 13.2 Å². The van der Waals surface area contributed by atoms with Gasteiger partial charge in [-0.15, -0.1) is 0 Å². The first-order valence-electron chi connectivity index (χ1n) is 11.1. The van der Waals surface area contributed by atoms with E-state index in [4.69, 9.17) is 0 Å². The molecule has 0 spiro atoms. The third kappa shape index (κ3) is 6.59. The Kier molecular flexibility index (Phi) is 7.83. The van der Waals surface area contributed by atoms with Crippen LogP contribution in [0.25, 0.3) is 10.9 Å². The molecule has 3 atom stereocenters. The number of aliphatic hydroxyl groups is 1. The highest BCUT2D eigenvalue weighted by Crippen LogP contribution is 2.22. The summed E-state index contributed by atoms with van der Waals surface area (Å²) in [5.41, 5.74) is -2.22. The number of aromatic nitrogens is 1. The second kappa shape index (κ2) is 10.5. The maximum Gasteiger partial charge on any atom is 0.268 e. The first-order valence-corrected chi connectivity index (χ1v) is 11.1. The van der Waals surface area contributed by atoms with Crippen LogP contribution in [0.1, 0.15) is 43.6 Å². The Bertz CT molecular complexity index is 1140. The average Bonchev–Trinajstić information content (AvgIpc) is 3.37. The van der Waals surface area contributed by atoms with Crippen LogP contribution in [-0.2, 0) is 14.4 Å². The Morgan fingerprint density at radius 1 is 1.17 bits per heavy atom. The Hall–Kier alpha value is -3.41. The molecule has 3 amide bonds. The van der Waals surface area contributed by atoms with Gasteiger partial charge in [-0.05, 0) is 38.8 Å². The van der Waals surface area contributed by atoms with Crippen molar-refractivity contribution in [3.63, 3.8) is 0 Å². The number of ketones is 1. The molecule has 1 saturated heterocycles. The average molecular weight is 496 g/mol. The van der Waals surface area contributed by atoms with E-state index >= 15 is 0 Å². The number of aromatic amines is 1. The molecule has 1 aromatic heterocycles. The predicted octanol–water partition coefficient (Wildman–Crippen LogP) is 1.26. The van der Waals surface area contributed by atoms with E-state index in [9.17, 15) is 37.5 Å². The van der Waals surface area contributed by atoms with Crippen LogP contribution in [0.3, 0.4) is 0 Å². The van der Waals surface area contributed by atoms with Crippen molar-refractivity contribution >= 4 is 34.4 Å². The molecule has 1 aliphatic rings. The predicted molar refractivity (Wildman–Crippen MR) is 119 cm³/mol. The molecule has 0 saturated carbocycles. The summed E-state index contributed by atoms with van der Waals surface area (Å²) in [5.74, 6) is -5.12. The molecule has 2 aromatic rings. The van der Waals surface area contributed by atoms with Gasteiger partial charge in [0.05, 0.1) is 11.6 Å². The summed E-state index contributed by atoms with van der Waals surface area (Å²) in [5, 5.41) is 16.8. The molecule has 9 nitrogen and oxygen atoms in total. The minimum Gasteiger partial charge on any atom is -0.389 e. The van der Waals surface area contributed by atoms with Crippen molar-refractivity contribution in [3.8, 4) is 0 Å². The van der Waals surface area contributed by atoms with Gasteiger partial charge in [-0.25, -0.2) is 13.2 Å². The molecule has 1 aliphatic heterocycles. The van der Waals surface area contributed by atoms with Crippen LogP contribution < -0.4 is 16.0 Å². The summed E-state index contributed by atoms with van der Waals surface area (Å²) in [4.78, 5) is 52.4. The number of nitrogens with one attached hydrogen (secondary N) is 4. The van der Waals surface area contributed by atoms with Crippen molar-refractivity contribution in [2.75, 3.05) is 13.2 Å². The molecule has 35 heavy (non-hydrogen) atoms. The Balaban J connectivity index is 1.79. The van der Waals surface area contributed by atoms with Crippen LogP contribution >= 0.6 is 0 Å². The molecule has 0 radical (unpaired) electrons. The zero-order chi connectivity index (χ0) is 25.9.